The summed E-state index contributed by atoms with van der Waals surface area (Å²) in [7, 11) is 0. The molecule has 3 amide bonds. The van der Waals surface area contributed by atoms with E-state index in [2.05, 4.69) is 10.6 Å². The number of amides is 3. The predicted octanol–water partition coefficient (Wildman–Crippen LogP) is 3.56. The number of unbranched alkanes of at least 4 members (excludes halogenated alkanes) is 2. The summed E-state index contributed by atoms with van der Waals surface area (Å²) in [5.41, 5.74) is 2.43. The maximum atomic E-state index is 12.4. The molecule has 0 unspecified atom stereocenters. The minimum atomic E-state index is -0.616. The number of rotatable bonds is 12. The molecular weight excluding hydrogens is 418 g/mol. The molecule has 0 saturated heterocycles. The van der Waals surface area contributed by atoms with Gasteiger partial charge in [0.2, 0.25) is 11.8 Å². The van der Waals surface area contributed by atoms with Crippen LogP contribution in [0.25, 0.3) is 11.3 Å². The molecule has 9 heteroatoms. The standard InChI is InChI=1S/C22H29N3O5S/c1-3-4-5-7-16(13-20(26)25-29)21(27)23-14-24-22(28)19-11-10-18(30-19)15-8-6-9-17(12-15)31-2/h6,8-12,16,29H,3-5,7,13-14H2,1-2H3,(H,23,27)(H,24,28)(H,25,26)/t16-/m1/s1. The third-order valence-electron chi connectivity index (χ3n) is 4.78. The Labute approximate surface area is 186 Å². The highest BCUT2D eigenvalue weighted by Gasteiger charge is 2.21. The fourth-order valence-corrected chi connectivity index (χ4v) is 3.53. The molecule has 1 aromatic heterocycles. The molecule has 2 aromatic rings. The van der Waals surface area contributed by atoms with Crippen molar-refractivity contribution in [2.45, 2.75) is 43.9 Å². The molecule has 0 fully saturated rings. The van der Waals surface area contributed by atoms with Crippen LogP contribution in [0.1, 0.15) is 49.6 Å². The fraction of sp³-hybridized carbons (Fsp3) is 0.409. The average molecular weight is 448 g/mol. The Hall–Kier alpha value is -2.78. The minimum Gasteiger partial charge on any atom is -0.451 e. The minimum absolute atomic E-state index is 0.0965. The fourth-order valence-electron chi connectivity index (χ4n) is 3.07. The highest BCUT2D eigenvalue weighted by atomic mass is 32.2. The van der Waals surface area contributed by atoms with Crippen molar-refractivity contribution >= 4 is 29.5 Å². The molecule has 168 valence electrons. The molecule has 0 radical (unpaired) electrons. The lowest BCUT2D eigenvalue weighted by molar-refractivity contribution is -0.135. The maximum Gasteiger partial charge on any atom is 0.288 e. The molecule has 8 nitrogen and oxygen atoms in total. The molecular formula is C22H29N3O5S. The van der Waals surface area contributed by atoms with Gasteiger partial charge in [-0.05, 0) is 36.9 Å². The van der Waals surface area contributed by atoms with E-state index < -0.39 is 17.7 Å². The number of carbonyl (C=O) groups is 3. The number of hydrogen-bond donors (Lipinski definition) is 4. The van der Waals surface area contributed by atoms with Gasteiger partial charge in [-0.2, -0.15) is 0 Å². The first-order chi connectivity index (χ1) is 15.0. The number of benzene rings is 1. The van der Waals surface area contributed by atoms with Crippen LogP contribution in [0.15, 0.2) is 45.7 Å². The van der Waals surface area contributed by atoms with Crippen LogP contribution in [0.3, 0.4) is 0 Å². The maximum absolute atomic E-state index is 12.4. The van der Waals surface area contributed by atoms with Gasteiger partial charge in [-0.15, -0.1) is 11.8 Å². The molecule has 0 saturated carbocycles. The molecule has 1 atom stereocenters. The predicted molar refractivity (Wildman–Crippen MR) is 119 cm³/mol. The lowest BCUT2D eigenvalue weighted by Gasteiger charge is -2.16. The molecule has 4 N–H and O–H groups in total. The summed E-state index contributed by atoms with van der Waals surface area (Å²) in [5, 5.41) is 13.9. The van der Waals surface area contributed by atoms with Gasteiger partial charge in [0.15, 0.2) is 5.76 Å². The monoisotopic (exact) mass is 447 g/mol. The summed E-state index contributed by atoms with van der Waals surface area (Å²) in [5.74, 6) is -1.28. The summed E-state index contributed by atoms with van der Waals surface area (Å²) in [6.45, 7) is 1.95. The van der Waals surface area contributed by atoms with Gasteiger partial charge in [-0.1, -0.05) is 38.3 Å². The molecule has 31 heavy (non-hydrogen) atoms. The van der Waals surface area contributed by atoms with E-state index in [1.807, 2.05) is 37.4 Å². The van der Waals surface area contributed by atoms with Crippen molar-refractivity contribution in [3.05, 3.63) is 42.2 Å². The van der Waals surface area contributed by atoms with Crippen LogP contribution in [0, 0.1) is 5.92 Å². The van der Waals surface area contributed by atoms with Gasteiger partial charge < -0.3 is 15.1 Å². The molecule has 0 aliphatic rings. The Morgan fingerprint density at radius 3 is 2.65 bits per heavy atom. The van der Waals surface area contributed by atoms with Gasteiger partial charge in [0.1, 0.15) is 5.76 Å². The lowest BCUT2D eigenvalue weighted by Crippen LogP contribution is -2.41. The Morgan fingerprint density at radius 1 is 1.13 bits per heavy atom. The second-order valence-electron chi connectivity index (χ2n) is 7.05. The van der Waals surface area contributed by atoms with Crippen LogP contribution in [-0.2, 0) is 9.59 Å². The van der Waals surface area contributed by atoms with Crippen molar-refractivity contribution in [1.29, 1.82) is 0 Å². The van der Waals surface area contributed by atoms with Crippen LogP contribution in [-0.4, -0.2) is 35.9 Å². The van der Waals surface area contributed by atoms with Gasteiger partial charge in [-0.3, -0.25) is 19.6 Å². The van der Waals surface area contributed by atoms with Crippen LogP contribution < -0.4 is 16.1 Å². The van der Waals surface area contributed by atoms with E-state index in [1.54, 1.807) is 29.4 Å². The molecule has 0 aliphatic heterocycles. The molecule has 1 heterocycles. The average Bonchev–Trinajstić information content (AvgIpc) is 3.28. The first-order valence-corrected chi connectivity index (χ1v) is 11.4. The zero-order valence-electron chi connectivity index (χ0n) is 17.8. The second kappa shape index (κ2) is 12.8. The first kappa shape index (κ1) is 24.5. The lowest BCUT2D eigenvalue weighted by atomic mass is 9.96. The molecule has 2 rings (SSSR count). The topological polar surface area (TPSA) is 121 Å². The number of nitrogens with one attached hydrogen (secondary N) is 3. The van der Waals surface area contributed by atoms with Gasteiger partial charge in [0, 0.05) is 22.8 Å². The van der Waals surface area contributed by atoms with Crippen molar-refractivity contribution in [3.63, 3.8) is 0 Å². The quantitative estimate of drug-likeness (QED) is 0.130. The normalized spacial score (nSPS) is 11.6. The van der Waals surface area contributed by atoms with Gasteiger partial charge >= 0.3 is 0 Å². The van der Waals surface area contributed by atoms with Crippen LogP contribution in [0.5, 0.6) is 0 Å². The van der Waals surface area contributed by atoms with E-state index in [0.717, 1.165) is 29.7 Å². The number of hydroxylamine groups is 1. The van der Waals surface area contributed by atoms with E-state index in [9.17, 15) is 14.4 Å². The third kappa shape index (κ3) is 7.76. The van der Waals surface area contributed by atoms with Crippen LogP contribution in [0.4, 0.5) is 0 Å². The third-order valence-corrected chi connectivity index (χ3v) is 5.50. The zero-order chi connectivity index (χ0) is 22.6. The summed E-state index contributed by atoms with van der Waals surface area (Å²) < 4.78 is 5.65. The van der Waals surface area contributed by atoms with Gasteiger partial charge in [0.05, 0.1) is 6.67 Å². The summed E-state index contributed by atoms with van der Waals surface area (Å²) in [4.78, 5) is 37.3. The zero-order valence-corrected chi connectivity index (χ0v) is 18.6. The Kier molecular flexibility index (Phi) is 10.1. The molecule has 1 aromatic carbocycles. The summed E-state index contributed by atoms with van der Waals surface area (Å²) in [6, 6.07) is 11.1. The summed E-state index contributed by atoms with van der Waals surface area (Å²) >= 11 is 1.62. The highest BCUT2D eigenvalue weighted by Crippen LogP contribution is 2.26. The number of carbonyl (C=O) groups excluding carboxylic acids is 3. The van der Waals surface area contributed by atoms with E-state index >= 15 is 0 Å². The Balaban J connectivity index is 1.89. The van der Waals surface area contributed by atoms with Crippen molar-refractivity contribution in [1.82, 2.24) is 16.1 Å². The Morgan fingerprint density at radius 2 is 1.94 bits per heavy atom. The molecule has 0 bridgehead atoms. The number of hydrogen-bond acceptors (Lipinski definition) is 6. The van der Waals surface area contributed by atoms with Gasteiger partial charge in [-0.25, -0.2) is 5.48 Å². The van der Waals surface area contributed by atoms with E-state index in [-0.39, 0.29) is 24.8 Å². The largest absolute Gasteiger partial charge is 0.451 e. The van der Waals surface area contributed by atoms with Gasteiger partial charge in [0.25, 0.3) is 5.91 Å². The number of furan rings is 1. The molecule has 0 spiro atoms. The van der Waals surface area contributed by atoms with Crippen molar-refractivity contribution < 1.29 is 24.0 Å². The van der Waals surface area contributed by atoms with Crippen molar-refractivity contribution in [2.75, 3.05) is 12.9 Å². The van der Waals surface area contributed by atoms with E-state index in [0.29, 0.717) is 12.2 Å². The molecule has 0 aliphatic carbocycles. The summed E-state index contributed by atoms with van der Waals surface area (Å²) in [6.07, 6.45) is 5.13. The SMILES string of the molecule is CCCCC[C@H](CC(=O)NO)C(=O)NCNC(=O)c1ccc(-c2cccc(SC)c2)o1. The van der Waals surface area contributed by atoms with E-state index in [4.69, 9.17) is 9.62 Å². The highest BCUT2D eigenvalue weighted by molar-refractivity contribution is 7.98. The van der Waals surface area contributed by atoms with Crippen molar-refractivity contribution in [2.24, 2.45) is 5.92 Å². The van der Waals surface area contributed by atoms with Crippen LogP contribution >= 0.6 is 11.8 Å². The smallest absolute Gasteiger partial charge is 0.288 e. The van der Waals surface area contributed by atoms with Crippen LogP contribution in [0.2, 0.25) is 0 Å². The number of thioether (sulfide) groups is 1. The second-order valence-corrected chi connectivity index (χ2v) is 7.93. The van der Waals surface area contributed by atoms with Crippen molar-refractivity contribution in [3.8, 4) is 11.3 Å². The first-order valence-electron chi connectivity index (χ1n) is 10.2. The van der Waals surface area contributed by atoms with E-state index in [1.165, 1.54) is 0 Å². The Bertz CT molecular complexity index is 884.